The summed E-state index contributed by atoms with van der Waals surface area (Å²) in [6.07, 6.45) is 2.30. The minimum atomic E-state index is -1.68. The molecule has 1 saturated heterocycles. The molecule has 25 heteroatoms. The summed E-state index contributed by atoms with van der Waals surface area (Å²) >= 11 is 3.20. The van der Waals surface area contributed by atoms with Gasteiger partial charge in [-0.15, -0.1) is 0 Å². The number of aromatic amines is 3. The van der Waals surface area contributed by atoms with Gasteiger partial charge in [-0.3, -0.25) is 43.2 Å². The Bertz CT molecular complexity index is 3750. The van der Waals surface area contributed by atoms with E-state index in [-0.39, 0.29) is 69.3 Å². The molecule has 0 spiro atoms. The maximum absolute atomic E-state index is 15.1. The zero-order chi connectivity index (χ0) is 64.6. The Morgan fingerprint density at radius 1 is 0.703 bits per heavy atom. The summed E-state index contributed by atoms with van der Waals surface area (Å²) in [5, 5.41) is 25.1. The number of Topliss-reactive ketones (excluding diaryl/α,β-unsaturated/α-hetero) is 2. The van der Waals surface area contributed by atoms with Crippen molar-refractivity contribution < 1.29 is 61.8 Å². The highest BCUT2D eigenvalue weighted by molar-refractivity contribution is 7.98. The number of benzene rings is 4. The highest BCUT2D eigenvalue weighted by atomic mass is 32.2. The van der Waals surface area contributed by atoms with Crippen molar-refractivity contribution >= 4 is 98.3 Å². The quantitative estimate of drug-likeness (QED) is 0.0661. The molecule has 0 saturated carbocycles. The molecule has 7 aromatic rings. The van der Waals surface area contributed by atoms with Crippen molar-refractivity contribution in [1.29, 1.82) is 0 Å². The maximum atomic E-state index is 15.1. The molecule has 3 aliphatic heterocycles. The number of imidazole rings is 1. The fraction of sp³-hybridized carbons (Fsp3) is 0.394. The molecule has 10 rings (SSSR count). The Hall–Kier alpha value is -8.84. The van der Waals surface area contributed by atoms with Crippen LogP contribution in [0.2, 0.25) is 0 Å². The second kappa shape index (κ2) is 31.3. The van der Waals surface area contributed by atoms with Crippen LogP contribution in [0.1, 0.15) is 85.6 Å². The van der Waals surface area contributed by atoms with E-state index in [1.807, 2.05) is 24.3 Å². The van der Waals surface area contributed by atoms with Crippen LogP contribution in [0.5, 0.6) is 5.75 Å². The Morgan fingerprint density at radius 2 is 1.38 bits per heavy atom. The Morgan fingerprint density at radius 3 is 2.09 bits per heavy atom. The van der Waals surface area contributed by atoms with E-state index in [0.29, 0.717) is 86.8 Å². The molecule has 21 nitrogen and oxygen atoms in total. The standard InChI is InChI=1S/C66H74F2N10O11S2/c1-66-18-3-23-78(66)64(87)44(26-39-8-12-49(89-2)13-9-39)31-57(80)54(35-58-69-20-21-70-58)76-62(85)43(32-61(83)84)30-56(79)53(29-45-36-73-52-15-11-47(68)33-50(45)52)77-63(86)55(34-48-28-42-27-46(67)10-14-51(42)74-48)75-60(82)16-19-71-59(81)17-24-90-37-40-4-6-41(7-5-40)38-91-25-22-72-65(66)88/h4-15,20-21,27-28,33,36,43-44,53-55,73-74H,3,16-19,22-26,29-32,34-35,37-38H2,1-2H3,(H,69,70)(H,71,81)(H,72,88)(H,75,82)(H,76,85)(H,77,86)(H,83,84)/t43-,44+,53-,54-,55-,66-/m0/s1. The number of fused-ring (bicyclic) bond motifs is 32. The van der Waals surface area contributed by atoms with E-state index in [1.165, 1.54) is 67.0 Å². The highest BCUT2D eigenvalue weighted by Gasteiger charge is 2.48. The molecule has 6 amide bonds. The van der Waals surface area contributed by atoms with Crippen LogP contribution in [-0.4, -0.2) is 145 Å². The summed E-state index contributed by atoms with van der Waals surface area (Å²) in [6.45, 7) is 2.18. The summed E-state index contributed by atoms with van der Waals surface area (Å²) < 4.78 is 34.6. The van der Waals surface area contributed by atoms with Gasteiger partial charge < -0.3 is 56.3 Å². The van der Waals surface area contributed by atoms with Gasteiger partial charge in [-0.2, -0.15) is 23.5 Å². The number of carbonyl (C=O) groups excluding carboxylic acids is 8. The van der Waals surface area contributed by atoms with E-state index in [1.54, 1.807) is 60.8 Å². The van der Waals surface area contributed by atoms with E-state index >= 15 is 14.4 Å². The molecule has 9 N–H and O–H groups in total. The number of rotatable bonds is 11. The third kappa shape index (κ3) is 18.2. The topological polar surface area (TPSA) is 307 Å². The van der Waals surface area contributed by atoms with Crippen LogP contribution < -0.4 is 31.3 Å². The Kier molecular flexibility index (Phi) is 22.9. The molecule has 6 atom stereocenters. The average Bonchev–Trinajstić information content (AvgIpc) is 1.73. The fourth-order valence-electron chi connectivity index (χ4n) is 11.6. The lowest BCUT2D eigenvalue weighted by Crippen LogP contribution is -2.57. The number of ketones is 2. The first-order valence-corrected chi connectivity index (χ1v) is 32.5. The van der Waals surface area contributed by atoms with Crippen LogP contribution in [0, 0.1) is 23.5 Å². The van der Waals surface area contributed by atoms with Crippen molar-refractivity contribution in [1.82, 2.24) is 51.4 Å². The molecule has 91 heavy (non-hydrogen) atoms. The van der Waals surface area contributed by atoms with Gasteiger partial charge in [0, 0.05) is 140 Å². The monoisotopic (exact) mass is 1280 g/mol. The smallest absolute Gasteiger partial charge is 0.304 e. The van der Waals surface area contributed by atoms with Gasteiger partial charge in [0.05, 0.1) is 31.5 Å². The summed E-state index contributed by atoms with van der Waals surface area (Å²) in [7, 11) is 1.51. The number of hydrogen-bond donors (Lipinski definition) is 9. The van der Waals surface area contributed by atoms with Crippen LogP contribution in [0.15, 0.2) is 110 Å². The third-order valence-electron chi connectivity index (χ3n) is 16.5. The molecule has 0 aliphatic carbocycles. The first-order chi connectivity index (χ1) is 43.8. The van der Waals surface area contributed by atoms with E-state index < -0.39 is 108 Å². The van der Waals surface area contributed by atoms with Gasteiger partial charge in [0.2, 0.25) is 35.4 Å². The number of hydrogen-bond acceptors (Lipinski definition) is 13. The average molecular weight is 1290 g/mol. The number of carbonyl (C=O) groups is 9. The second-order valence-corrected chi connectivity index (χ2v) is 25.4. The number of halogens is 2. The SMILES string of the molecule is COc1ccc(C[C@@H]2CC(=O)[C@H](Cc3ncc[nH]3)NC(=O)[C@H](CC(=O)O)CC(=O)[C@H](Cc3c[nH]c4ccc(F)cc34)NC(=O)[C@H](Cc3cc4cc(F)ccc4[nH]3)NC(=O)CCNC(=O)CCSCc3ccc(cc3)CSCCNC(=O)[C@]3(C)CCCN3C2=O)cc1. The first-order valence-electron chi connectivity index (χ1n) is 30.2. The fourth-order valence-corrected chi connectivity index (χ4v) is 13.3. The van der Waals surface area contributed by atoms with Crippen molar-refractivity contribution in [3.8, 4) is 5.75 Å². The number of nitrogens with one attached hydrogen (secondary N) is 8. The minimum absolute atomic E-state index is 0.0391. The van der Waals surface area contributed by atoms with Crippen LogP contribution in [-0.2, 0) is 80.3 Å². The van der Waals surface area contributed by atoms with Crippen molar-refractivity contribution in [3.63, 3.8) is 0 Å². The Labute approximate surface area is 532 Å². The van der Waals surface area contributed by atoms with Gasteiger partial charge in [0.25, 0.3) is 0 Å². The molecule has 0 unspecified atom stereocenters. The molecule has 480 valence electrons. The van der Waals surface area contributed by atoms with Crippen LogP contribution >= 0.6 is 23.5 Å². The van der Waals surface area contributed by atoms with Gasteiger partial charge in [-0.05, 0) is 103 Å². The van der Waals surface area contributed by atoms with Gasteiger partial charge in [0.15, 0.2) is 11.6 Å². The molecule has 1 fully saturated rings. The molecule has 6 heterocycles. The number of aromatic nitrogens is 4. The third-order valence-corrected chi connectivity index (χ3v) is 18.6. The van der Waals surface area contributed by atoms with Gasteiger partial charge in [0.1, 0.15) is 34.8 Å². The summed E-state index contributed by atoms with van der Waals surface area (Å²) in [4.78, 5) is 143. The van der Waals surface area contributed by atoms with E-state index in [4.69, 9.17) is 4.74 Å². The molecular weight excluding hydrogens is 1210 g/mol. The number of carboxylic acids is 1. The van der Waals surface area contributed by atoms with Crippen molar-refractivity contribution in [2.24, 2.45) is 11.8 Å². The highest BCUT2D eigenvalue weighted by Crippen LogP contribution is 2.33. The van der Waals surface area contributed by atoms with E-state index in [0.717, 1.165) is 11.1 Å². The zero-order valence-corrected chi connectivity index (χ0v) is 52.1. The number of ether oxygens (including phenoxy) is 1. The molecule has 3 aromatic heterocycles. The number of thioether (sulfide) groups is 2. The lowest BCUT2D eigenvalue weighted by molar-refractivity contribution is -0.148. The second-order valence-electron chi connectivity index (χ2n) is 23.2. The Balaban J connectivity index is 1.03. The minimum Gasteiger partial charge on any atom is -0.497 e. The van der Waals surface area contributed by atoms with Gasteiger partial charge in [-0.25, -0.2) is 13.8 Å². The summed E-state index contributed by atoms with van der Waals surface area (Å²) in [5.74, 6) is -7.27. The molecular formula is C66H74F2N10O11S2. The normalized spacial score (nSPS) is 22.2. The molecule has 0 radical (unpaired) electrons. The van der Waals surface area contributed by atoms with Crippen LogP contribution in [0.4, 0.5) is 8.78 Å². The van der Waals surface area contributed by atoms with Crippen molar-refractivity contribution in [3.05, 3.63) is 155 Å². The van der Waals surface area contributed by atoms with E-state index in [9.17, 15) is 42.7 Å². The zero-order valence-electron chi connectivity index (χ0n) is 50.5. The molecule has 3 aliphatic rings. The number of methoxy groups -OCH3 is 1. The predicted molar refractivity (Wildman–Crippen MR) is 341 cm³/mol. The lowest BCUT2D eigenvalue weighted by atomic mass is 9.87. The summed E-state index contributed by atoms with van der Waals surface area (Å²) in [6, 6.07) is 20.3. The van der Waals surface area contributed by atoms with Crippen LogP contribution in [0.3, 0.4) is 0 Å². The number of aliphatic carboxylic acids is 1. The number of amides is 6. The van der Waals surface area contributed by atoms with Gasteiger partial charge >= 0.3 is 5.97 Å². The van der Waals surface area contributed by atoms with Gasteiger partial charge in [-0.1, -0.05) is 36.4 Å². The summed E-state index contributed by atoms with van der Waals surface area (Å²) in [5.41, 5.74) is 3.31. The predicted octanol–water partition coefficient (Wildman–Crippen LogP) is 6.58. The molecule has 4 aromatic carbocycles. The maximum Gasteiger partial charge on any atom is 0.304 e. The van der Waals surface area contributed by atoms with Crippen LogP contribution in [0.25, 0.3) is 21.8 Å². The van der Waals surface area contributed by atoms with E-state index in [2.05, 4.69) is 46.5 Å². The number of H-pyrrole nitrogens is 3. The lowest BCUT2D eigenvalue weighted by Gasteiger charge is -2.36. The largest absolute Gasteiger partial charge is 0.497 e. The van der Waals surface area contributed by atoms with Crippen molar-refractivity contribution in [2.45, 2.75) is 113 Å². The number of carboxylic acid groups (broad SMARTS) is 1. The first kappa shape index (κ1) is 66.6. The molecule has 2 bridgehead atoms. The number of nitrogens with zero attached hydrogens (tertiary/aromatic N) is 2. The van der Waals surface area contributed by atoms with Crippen molar-refractivity contribution in [2.75, 3.05) is 38.2 Å².